The zero-order valence-corrected chi connectivity index (χ0v) is 17.2. The van der Waals surface area contributed by atoms with Crippen LogP contribution in [0.5, 0.6) is 0 Å². The predicted octanol–water partition coefficient (Wildman–Crippen LogP) is 0.423. The smallest absolute Gasteiger partial charge is 0.237 e. The second-order valence-electron chi connectivity index (χ2n) is 6.53. The molecule has 1 unspecified atom stereocenters. The molecule has 148 valence electrons. The molecule has 3 rings (SSSR count). The minimum absolute atomic E-state index is 0.455. The van der Waals surface area contributed by atoms with Gasteiger partial charge in [-0.1, -0.05) is 6.92 Å². The summed E-state index contributed by atoms with van der Waals surface area (Å²) in [5.41, 5.74) is 7.28. The molecule has 1 aromatic heterocycles. The third kappa shape index (κ3) is 5.53. The lowest BCUT2D eigenvalue weighted by Gasteiger charge is -2.39. The number of primary amides is 1. The van der Waals surface area contributed by atoms with E-state index >= 15 is 0 Å². The fourth-order valence-electron chi connectivity index (χ4n) is 2.93. The van der Waals surface area contributed by atoms with Gasteiger partial charge in [0.05, 0.1) is 0 Å². The van der Waals surface area contributed by atoms with E-state index in [2.05, 4.69) is 22.0 Å². The number of carbonyl (C=O) groups is 1. The van der Waals surface area contributed by atoms with Gasteiger partial charge in [0, 0.05) is 45.8 Å². The van der Waals surface area contributed by atoms with Gasteiger partial charge in [0.1, 0.15) is 26.3 Å². The monoisotopic (exact) mass is 403 g/mol. The highest BCUT2D eigenvalue weighted by Gasteiger charge is 2.47. The number of likely N-dealkylation sites (N-methyl/N-ethyl adjacent to an activating group) is 1. The van der Waals surface area contributed by atoms with E-state index in [0.717, 1.165) is 44.0 Å². The van der Waals surface area contributed by atoms with E-state index in [0.29, 0.717) is 26.1 Å². The summed E-state index contributed by atoms with van der Waals surface area (Å²) in [6.07, 6.45) is 3.16. The van der Waals surface area contributed by atoms with Gasteiger partial charge in [-0.3, -0.25) is 4.79 Å². The van der Waals surface area contributed by atoms with Crippen molar-refractivity contribution in [3.63, 3.8) is 0 Å². The fourth-order valence-corrected chi connectivity index (χ4v) is 5.24. The summed E-state index contributed by atoms with van der Waals surface area (Å²) in [5.74, 6) is -0.455. The lowest BCUT2D eigenvalue weighted by Crippen LogP contribution is -2.58. The van der Waals surface area contributed by atoms with Crippen LogP contribution in [-0.4, -0.2) is 80.7 Å². The van der Waals surface area contributed by atoms with Gasteiger partial charge < -0.3 is 15.4 Å². The molecule has 0 spiro atoms. The Morgan fingerprint density at radius 2 is 2.00 bits per heavy atom. The molecule has 2 aliphatic rings. The van der Waals surface area contributed by atoms with Crippen LogP contribution < -0.4 is 5.73 Å². The second kappa shape index (κ2) is 10.4. The minimum atomic E-state index is -1.34. The van der Waals surface area contributed by atoms with E-state index in [1.807, 2.05) is 11.4 Å². The Bertz CT molecular complexity index is 570. The van der Waals surface area contributed by atoms with Crippen LogP contribution in [-0.2, 0) is 26.9 Å². The molecule has 0 aromatic carbocycles. The van der Waals surface area contributed by atoms with Crippen molar-refractivity contribution in [2.24, 2.45) is 5.73 Å². The molecule has 2 saturated heterocycles. The largest absolute Gasteiger partial charge is 0.381 e. The Hall–Kier alpha value is -0.940. The summed E-state index contributed by atoms with van der Waals surface area (Å²) < 4.78 is 18.9. The van der Waals surface area contributed by atoms with Gasteiger partial charge in [-0.25, -0.2) is 8.51 Å². The van der Waals surface area contributed by atoms with Crippen LogP contribution in [0.15, 0.2) is 5.51 Å². The van der Waals surface area contributed by atoms with Crippen LogP contribution in [0, 0.1) is 0 Å². The van der Waals surface area contributed by atoms with Gasteiger partial charge in [-0.15, -0.1) is 21.5 Å². The number of rotatable bonds is 5. The van der Waals surface area contributed by atoms with Crippen molar-refractivity contribution >= 4 is 28.2 Å². The molecule has 2 fully saturated rings. The molecule has 1 aromatic rings. The number of nitrogens with zero attached hydrogens (tertiary/aromatic N) is 4. The predicted molar refractivity (Wildman–Crippen MR) is 103 cm³/mol. The molecule has 0 bridgehead atoms. The number of amides is 1. The highest BCUT2D eigenvalue weighted by molar-refractivity contribution is 7.85. The van der Waals surface area contributed by atoms with E-state index in [1.165, 1.54) is 0 Å². The van der Waals surface area contributed by atoms with Crippen LogP contribution in [0.3, 0.4) is 0 Å². The molecule has 26 heavy (non-hydrogen) atoms. The second-order valence-corrected chi connectivity index (χ2v) is 9.25. The number of ether oxygens (including phenoxy) is 1. The van der Waals surface area contributed by atoms with Crippen molar-refractivity contribution < 1.29 is 13.7 Å². The number of carbonyl (C=O) groups excluding carboxylic acids is 1. The highest BCUT2D eigenvalue weighted by Crippen LogP contribution is 2.29. The third-order valence-electron chi connectivity index (χ3n) is 4.65. The summed E-state index contributed by atoms with van der Waals surface area (Å²) in [5, 5.41) is 8.73. The third-order valence-corrected chi connectivity index (χ3v) is 7.52. The van der Waals surface area contributed by atoms with Crippen LogP contribution in [0.1, 0.15) is 31.2 Å². The standard InChI is InChI=1S/C11H21N3O3S.C5H8N2S/c1-13-4-6-14(7-5-13)18(16)11(10(12)15)2-8-17-9-3-11;1-2-3-5-7-6-4-8-5/h2-9H2,1H3,(H2,12,15);4H,2-3H2,1H3. The first kappa shape index (κ1) is 21.4. The molecule has 10 heteroatoms. The van der Waals surface area contributed by atoms with Gasteiger partial charge in [0.15, 0.2) is 0 Å². The Balaban J connectivity index is 0.000000254. The van der Waals surface area contributed by atoms with Gasteiger partial charge in [0.25, 0.3) is 0 Å². The lowest BCUT2D eigenvalue weighted by molar-refractivity contribution is -0.122. The Kier molecular flexibility index (Phi) is 8.55. The molecule has 0 aliphatic carbocycles. The molecule has 1 atom stereocenters. The van der Waals surface area contributed by atoms with Crippen molar-refractivity contribution in [3.8, 4) is 0 Å². The Morgan fingerprint density at radius 1 is 1.35 bits per heavy atom. The number of aromatic nitrogens is 2. The van der Waals surface area contributed by atoms with Crippen molar-refractivity contribution in [2.75, 3.05) is 46.4 Å². The van der Waals surface area contributed by atoms with E-state index < -0.39 is 21.6 Å². The summed E-state index contributed by atoms with van der Waals surface area (Å²) in [6, 6.07) is 0. The zero-order chi connectivity index (χ0) is 19.0. The first-order valence-corrected chi connectivity index (χ1v) is 11.0. The number of aryl methyl sites for hydroxylation is 1. The van der Waals surface area contributed by atoms with Crippen molar-refractivity contribution in [2.45, 2.75) is 37.4 Å². The number of piperazine rings is 1. The number of nitrogens with two attached hydrogens (primary N) is 1. The van der Waals surface area contributed by atoms with E-state index in [1.54, 1.807) is 16.8 Å². The van der Waals surface area contributed by atoms with Crippen LogP contribution in [0.4, 0.5) is 0 Å². The van der Waals surface area contributed by atoms with Crippen molar-refractivity contribution in [3.05, 3.63) is 10.5 Å². The molecular weight excluding hydrogens is 374 g/mol. The van der Waals surface area contributed by atoms with Gasteiger partial charge in [0.2, 0.25) is 5.91 Å². The maximum absolute atomic E-state index is 12.7. The zero-order valence-electron chi connectivity index (χ0n) is 15.6. The van der Waals surface area contributed by atoms with E-state index in [-0.39, 0.29) is 0 Å². The Morgan fingerprint density at radius 3 is 2.50 bits per heavy atom. The molecule has 0 saturated carbocycles. The van der Waals surface area contributed by atoms with Crippen molar-refractivity contribution in [1.82, 2.24) is 19.4 Å². The molecular formula is C16H29N5O3S2. The number of hydrogen-bond acceptors (Lipinski definition) is 7. The molecule has 1 amide bonds. The molecule has 2 N–H and O–H groups in total. The van der Waals surface area contributed by atoms with Crippen LogP contribution >= 0.6 is 11.3 Å². The summed E-state index contributed by atoms with van der Waals surface area (Å²) >= 11 is 1.63. The molecule has 2 aliphatic heterocycles. The highest BCUT2D eigenvalue weighted by atomic mass is 32.2. The quantitative estimate of drug-likeness (QED) is 0.765. The van der Waals surface area contributed by atoms with Gasteiger partial charge >= 0.3 is 0 Å². The summed E-state index contributed by atoms with van der Waals surface area (Å²) in [6.45, 7) is 6.25. The van der Waals surface area contributed by atoms with Crippen molar-refractivity contribution in [1.29, 1.82) is 0 Å². The molecule has 0 radical (unpaired) electrons. The van der Waals surface area contributed by atoms with E-state index in [4.69, 9.17) is 10.5 Å². The maximum Gasteiger partial charge on any atom is 0.237 e. The average molecular weight is 404 g/mol. The van der Waals surface area contributed by atoms with Crippen LogP contribution in [0.2, 0.25) is 0 Å². The average Bonchev–Trinajstić information content (AvgIpc) is 3.16. The first-order chi connectivity index (χ1) is 12.5. The minimum Gasteiger partial charge on any atom is -0.381 e. The van der Waals surface area contributed by atoms with E-state index in [9.17, 15) is 9.00 Å². The molecule has 3 heterocycles. The summed E-state index contributed by atoms with van der Waals surface area (Å²) in [4.78, 5) is 14.0. The fraction of sp³-hybridized carbons (Fsp3) is 0.812. The van der Waals surface area contributed by atoms with Gasteiger partial charge in [-0.2, -0.15) is 0 Å². The topological polar surface area (TPSA) is 102 Å². The van der Waals surface area contributed by atoms with Gasteiger partial charge in [-0.05, 0) is 26.3 Å². The van der Waals surface area contributed by atoms with Crippen LogP contribution in [0.25, 0.3) is 0 Å². The first-order valence-electron chi connectivity index (χ1n) is 8.98. The maximum atomic E-state index is 12.7. The molecule has 8 nitrogen and oxygen atoms in total. The summed E-state index contributed by atoms with van der Waals surface area (Å²) in [7, 11) is 0.696. The lowest BCUT2D eigenvalue weighted by atomic mass is 9.98. The normalized spacial score (nSPS) is 22.2. The number of hydrogen-bond donors (Lipinski definition) is 1. The SMILES string of the molecule is CCCc1nncs1.CN1CCN(S(=O)C2(C(N)=O)CCOCC2)CC1. The Labute approximate surface area is 161 Å².